The summed E-state index contributed by atoms with van der Waals surface area (Å²) in [6.07, 6.45) is 3.98. The van der Waals surface area contributed by atoms with E-state index in [4.69, 9.17) is 4.74 Å². The van der Waals surface area contributed by atoms with Crippen molar-refractivity contribution < 1.29 is 4.74 Å². The van der Waals surface area contributed by atoms with E-state index in [1.807, 2.05) is 0 Å². The van der Waals surface area contributed by atoms with E-state index in [2.05, 4.69) is 37.9 Å². The Morgan fingerprint density at radius 1 is 1.37 bits per heavy atom. The van der Waals surface area contributed by atoms with Crippen LogP contribution in [0.1, 0.15) is 47.0 Å². The quantitative estimate of drug-likeness (QED) is 0.625. The van der Waals surface area contributed by atoms with Gasteiger partial charge in [-0.3, -0.25) is 0 Å². The van der Waals surface area contributed by atoms with Crippen LogP contribution in [0.2, 0.25) is 0 Å². The number of nitrogens with zero attached hydrogens (tertiary/aromatic N) is 1. The molecule has 1 aliphatic carbocycles. The Bertz CT molecular complexity index is 241. The first-order chi connectivity index (χ1) is 8.99. The lowest BCUT2D eigenvalue weighted by Gasteiger charge is -2.36. The Balaban J connectivity index is 2.44. The molecule has 0 bridgehead atoms. The predicted molar refractivity (Wildman–Crippen MR) is 82.6 cm³/mol. The van der Waals surface area contributed by atoms with Gasteiger partial charge in [0, 0.05) is 39.3 Å². The molecule has 1 fully saturated rings. The van der Waals surface area contributed by atoms with E-state index in [-0.39, 0.29) is 0 Å². The minimum absolute atomic E-state index is 0.380. The molecule has 0 saturated heterocycles. The Labute approximate surface area is 120 Å². The number of methoxy groups -OCH3 is 1. The Kier molecular flexibility index (Phi) is 7.33. The fraction of sp³-hybridized carbons (Fsp3) is 1.00. The van der Waals surface area contributed by atoms with Crippen LogP contribution >= 0.6 is 0 Å². The first kappa shape index (κ1) is 16.9. The first-order valence-electron chi connectivity index (χ1n) is 7.94. The smallest absolute Gasteiger partial charge is 0.0589 e. The summed E-state index contributed by atoms with van der Waals surface area (Å²) < 4.78 is 5.25. The van der Waals surface area contributed by atoms with Gasteiger partial charge in [-0.05, 0) is 30.6 Å². The minimum atomic E-state index is 0.380. The molecule has 1 rings (SSSR count). The molecule has 3 nitrogen and oxygen atoms in total. The van der Waals surface area contributed by atoms with Gasteiger partial charge in [0.05, 0.1) is 6.61 Å². The molecule has 1 saturated carbocycles. The van der Waals surface area contributed by atoms with Gasteiger partial charge < -0.3 is 15.0 Å². The molecule has 1 N–H and O–H groups in total. The number of hydrogen-bond donors (Lipinski definition) is 1. The van der Waals surface area contributed by atoms with Crippen molar-refractivity contribution in [1.82, 2.24) is 10.2 Å². The Morgan fingerprint density at radius 3 is 2.53 bits per heavy atom. The van der Waals surface area contributed by atoms with Gasteiger partial charge in [-0.2, -0.15) is 0 Å². The molecule has 19 heavy (non-hydrogen) atoms. The molecule has 3 heteroatoms. The van der Waals surface area contributed by atoms with Gasteiger partial charge in [0.15, 0.2) is 0 Å². The van der Waals surface area contributed by atoms with Crippen molar-refractivity contribution in [2.45, 2.75) is 53.0 Å². The molecular formula is C16H34N2O. The number of rotatable bonds is 11. The molecule has 0 aromatic carbocycles. The highest BCUT2D eigenvalue weighted by molar-refractivity contribution is 4.86. The van der Waals surface area contributed by atoms with E-state index >= 15 is 0 Å². The maximum Gasteiger partial charge on any atom is 0.0589 e. The van der Waals surface area contributed by atoms with E-state index in [0.717, 1.165) is 25.7 Å². The lowest BCUT2D eigenvalue weighted by Crippen LogP contribution is -2.44. The molecule has 1 aliphatic rings. The molecule has 0 spiro atoms. The molecule has 0 aromatic rings. The Morgan fingerprint density at radius 2 is 2.05 bits per heavy atom. The van der Waals surface area contributed by atoms with Crippen molar-refractivity contribution >= 4 is 0 Å². The number of nitrogens with one attached hydrogen (secondary N) is 1. The predicted octanol–water partition coefficient (Wildman–Crippen LogP) is 2.76. The Hall–Kier alpha value is -0.120. The largest absolute Gasteiger partial charge is 0.383 e. The van der Waals surface area contributed by atoms with Gasteiger partial charge in [-0.25, -0.2) is 0 Å². The normalized spacial score (nSPS) is 19.1. The van der Waals surface area contributed by atoms with Crippen molar-refractivity contribution in [3.63, 3.8) is 0 Å². The van der Waals surface area contributed by atoms with Gasteiger partial charge in [0.25, 0.3) is 0 Å². The highest BCUT2D eigenvalue weighted by Crippen LogP contribution is 2.25. The summed E-state index contributed by atoms with van der Waals surface area (Å²) in [5.74, 6) is 0.717. The van der Waals surface area contributed by atoms with Crippen molar-refractivity contribution in [3.05, 3.63) is 0 Å². The second-order valence-corrected chi connectivity index (χ2v) is 6.94. The molecular weight excluding hydrogens is 236 g/mol. The van der Waals surface area contributed by atoms with Gasteiger partial charge in [-0.1, -0.05) is 27.7 Å². The highest BCUT2D eigenvalue weighted by Gasteiger charge is 2.29. The van der Waals surface area contributed by atoms with Crippen LogP contribution in [0.25, 0.3) is 0 Å². The van der Waals surface area contributed by atoms with Crippen LogP contribution in [0.5, 0.6) is 0 Å². The fourth-order valence-corrected chi connectivity index (χ4v) is 2.48. The van der Waals surface area contributed by atoms with E-state index in [0.29, 0.717) is 11.3 Å². The topological polar surface area (TPSA) is 24.5 Å². The lowest BCUT2D eigenvalue weighted by atomic mass is 9.86. The SMILES string of the molecule is CCC(C)(CNC1CC1)CN(CCOC)CC(C)C. The minimum Gasteiger partial charge on any atom is -0.383 e. The monoisotopic (exact) mass is 270 g/mol. The summed E-state index contributed by atoms with van der Waals surface area (Å²) in [5.41, 5.74) is 0.380. The summed E-state index contributed by atoms with van der Waals surface area (Å²) in [6.45, 7) is 14.7. The van der Waals surface area contributed by atoms with Crippen LogP contribution in [0.3, 0.4) is 0 Å². The third-order valence-electron chi connectivity index (χ3n) is 4.09. The lowest BCUT2D eigenvalue weighted by molar-refractivity contribution is 0.0999. The van der Waals surface area contributed by atoms with E-state index in [9.17, 15) is 0 Å². The second-order valence-electron chi connectivity index (χ2n) is 6.94. The van der Waals surface area contributed by atoms with Crippen molar-refractivity contribution in [3.8, 4) is 0 Å². The molecule has 0 amide bonds. The maximum atomic E-state index is 5.25. The molecule has 0 aromatic heterocycles. The fourth-order valence-electron chi connectivity index (χ4n) is 2.48. The van der Waals surface area contributed by atoms with Gasteiger partial charge in [-0.15, -0.1) is 0 Å². The first-order valence-corrected chi connectivity index (χ1v) is 7.94. The highest BCUT2D eigenvalue weighted by atomic mass is 16.5. The third kappa shape index (κ3) is 7.28. The third-order valence-corrected chi connectivity index (χ3v) is 4.09. The standard InChI is InChI=1S/C16H34N2O/c1-6-16(4,12-17-15-7-8-15)13-18(9-10-19-5)11-14(2)3/h14-15,17H,6-13H2,1-5H3. The summed E-state index contributed by atoms with van der Waals surface area (Å²) in [4.78, 5) is 2.58. The second kappa shape index (κ2) is 8.23. The molecule has 114 valence electrons. The van der Waals surface area contributed by atoms with Crippen LogP contribution in [-0.4, -0.2) is 50.8 Å². The van der Waals surface area contributed by atoms with E-state index < -0.39 is 0 Å². The van der Waals surface area contributed by atoms with Crippen LogP contribution in [0.4, 0.5) is 0 Å². The summed E-state index contributed by atoms with van der Waals surface area (Å²) >= 11 is 0. The van der Waals surface area contributed by atoms with Crippen LogP contribution in [-0.2, 0) is 4.74 Å². The van der Waals surface area contributed by atoms with E-state index in [1.54, 1.807) is 7.11 Å². The van der Waals surface area contributed by atoms with Gasteiger partial charge in [0.2, 0.25) is 0 Å². The average molecular weight is 270 g/mol. The zero-order chi connectivity index (χ0) is 14.3. The molecule has 1 atom stereocenters. The molecule has 0 radical (unpaired) electrons. The van der Waals surface area contributed by atoms with Crippen molar-refractivity contribution in [1.29, 1.82) is 0 Å². The van der Waals surface area contributed by atoms with Gasteiger partial charge in [0.1, 0.15) is 0 Å². The van der Waals surface area contributed by atoms with Gasteiger partial charge >= 0.3 is 0 Å². The van der Waals surface area contributed by atoms with Crippen LogP contribution in [0, 0.1) is 11.3 Å². The maximum absolute atomic E-state index is 5.25. The summed E-state index contributed by atoms with van der Waals surface area (Å²) in [5, 5.41) is 3.70. The van der Waals surface area contributed by atoms with E-state index in [1.165, 1.54) is 32.4 Å². The zero-order valence-electron chi connectivity index (χ0n) is 13.7. The van der Waals surface area contributed by atoms with Crippen LogP contribution in [0.15, 0.2) is 0 Å². The average Bonchev–Trinajstić information content (AvgIpc) is 3.17. The number of hydrogen-bond acceptors (Lipinski definition) is 3. The van der Waals surface area contributed by atoms with Crippen molar-refractivity contribution in [2.24, 2.45) is 11.3 Å². The summed E-state index contributed by atoms with van der Waals surface area (Å²) in [7, 11) is 1.79. The molecule has 1 unspecified atom stereocenters. The van der Waals surface area contributed by atoms with Crippen molar-refractivity contribution in [2.75, 3.05) is 39.9 Å². The number of ether oxygens (including phenoxy) is 1. The summed E-state index contributed by atoms with van der Waals surface area (Å²) in [6, 6.07) is 0.809. The zero-order valence-corrected chi connectivity index (χ0v) is 13.7. The molecule has 0 aliphatic heterocycles. The molecule has 0 heterocycles. The van der Waals surface area contributed by atoms with Crippen LogP contribution < -0.4 is 5.32 Å².